The van der Waals surface area contributed by atoms with E-state index in [-0.39, 0.29) is 4.90 Å². The van der Waals surface area contributed by atoms with Crippen LogP contribution in [0.15, 0.2) is 23.1 Å². The van der Waals surface area contributed by atoms with Gasteiger partial charge in [0.25, 0.3) is 0 Å². The number of benzene rings is 1. The number of rotatable bonds is 4. The van der Waals surface area contributed by atoms with Gasteiger partial charge in [-0.1, -0.05) is 31.0 Å². The first kappa shape index (κ1) is 16.7. The van der Waals surface area contributed by atoms with Gasteiger partial charge in [0.2, 0.25) is 10.0 Å². The van der Waals surface area contributed by atoms with Crippen LogP contribution in [0.3, 0.4) is 0 Å². The molecule has 1 fully saturated rings. The standard InChI is InChI=1S/C15H23ClN2O2S/c1-2-12-4-3-8-18(9-7-12)21(19,20)14-6-5-13(11-17)15(16)10-14/h5-6,10,12H,2-4,7-9,11,17H2,1H3. The van der Waals surface area contributed by atoms with Crippen molar-refractivity contribution < 1.29 is 8.42 Å². The molecule has 0 aliphatic carbocycles. The Hall–Kier alpha value is -0.620. The molecule has 1 unspecified atom stereocenters. The van der Waals surface area contributed by atoms with Crippen molar-refractivity contribution in [2.75, 3.05) is 13.1 Å². The summed E-state index contributed by atoms with van der Waals surface area (Å²) >= 11 is 6.09. The van der Waals surface area contributed by atoms with E-state index < -0.39 is 10.0 Å². The van der Waals surface area contributed by atoms with E-state index in [1.165, 1.54) is 6.07 Å². The van der Waals surface area contributed by atoms with Crippen molar-refractivity contribution in [2.24, 2.45) is 11.7 Å². The normalized spacial score (nSPS) is 21.2. The highest BCUT2D eigenvalue weighted by Crippen LogP contribution is 2.27. The quantitative estimate of drug-likeness (QED) is 0.923. The van der Waals surface area contributed by atoms with Gasteiger partial charge in [-0.15, -0.1) is 0 Å². The molecule has 1 heterocycles. The third-order valence-corrected chi connectivity index (χ3v) is 6.51. The van der Waals surface area contributed by atoms with Crippen molar-refractivity contribution >= 4 is 21.6 Å². The zero-order valence-electron chi connectivity index (χ0n) is 12.4. The Bertz CT molecular complexity index is 589. The van der Waals surface area contributed by atoms with E-state index in [4.69, 9.17) is 17.3 Å². The second-order valence-corrected chi connectivity index (χ2v) is 7.91. The first-order valence-corrected chi connectivity index (χ1v) is 9.29. The maximum Gasteiger partial charge on any atom is 0.243 e. The predicted octanol–water partition coefficient (Wildman–Crippen LogP) is 3.00. The Kier molecular flexibility index (Phi) is 5.66. The summed E-state index contributed by atoms with van der Waals surface area (Å²) < 4.78 is 27.0. The number of hydrogen-bond donors (Lipinski definition) is 1. The SMILES string of the molecule is CCC1CCCN(S(=O)(=O)c2ccc(CN)c(Cl)c2)CC1. The molecule has 1 saturated heterocycles. The Morgan fingerprint density at radius 1 is 1.33 bits per heavy atom. The second-order valence-electron chi connectivity index (χ2n) is 5.57. The zero-order valence-corrected chi connectivity index (χ0v) is 14.0. The van der Waals surface area contributed by atoms with Crippen LogP contribution in [0, 0.1) is 5.92 Å². The monoisotopic (exact) mass is 330 g/mol. The number of hydrogen-bond acceptors (Lipinski definition) is 3. The van der Waals surface area contributed by atoms with Crippen molar-refractivity contribution in [1.82, 2.24) is 4.31 Å². The van der Waals surface area contributed by atoms with E-state index in [0.29, 0.717) is 30.6 Å². The Balaban J connectivity index is 2.23. The molecule has 1 atom stereocenters. The topological polar surface area (TPSA) is 63.4 Å². The summed E-state index contributed by atoms with van der Waals surface area (Å²) in [5.41, 5.74) is 6.32. The van der Waals surface area contributed by atoms with Crippen molar-refractivity contribution in [3.05, 3.63) is 28.8 Å². The molecule has 0 amide bonds. The molecule has 21 heavy (non-hydrogen) atoms. The summed E-state index contributed by atoms with van der Waals surface area (Å²) in [6.45, 7) is 3.66. The summed E-state index contributed by atoms with van der Waals surface area (Å²) in [4.78, 5) is 0.264. The van der Waals surface area contributed by atoms with Gasteiger partial charge in [-0.3, -0.25) is 0 Å². The summed E-state index contributed by atoms with van der Waals surface area (Å²) in [5, 5.41) is 0.417. The van der Waals surface area contributed by atoms with Gasteiger partial charge in [-0.25, -0.2) is 8.42 Å². The highest BCUT2D eigenvalue weighted by molar-refractivity contribution is 7.89. The van der Waals surface area contributed by atoms with E-state index in [2.05, 4.69) is 6.92 Å². The maximum atomic E-state index is 12.7. The lowest BCUT2D eigenvalue weighted by Gasteiger charge is -2.20. The van der Waals surface area contributed by atoms with Gasteiger partial charge in [0.05, 0.1) is 4.90 Å². The van der Waals surface area contributed by atoms with Crippen LogP contribution in [0.2, 0.25) is 5.02 Å². The molecule has 0 spiro atoms. The number of sulfonamides is 1. The summed E-state index contributed by atoms with van der Waals surface area (Å²) in [6, 6.07) is 4.81. The molecular weight excluding hydrogens is 308 g/mol. The van der Waals surface area contributed by atoms with Crippen LogP contribution < -0.4 is 5.73 Å². The molecule has 1 aliphatic heterocycles. The van der Waals surface area contributed by atoms with Gasteiger partial charge < -0.3 is 5.73 Å². The van der Waals surface area contributed by atoms with Crippen molar-refractivity contribution in [3.63, 3.8) is 0 Å². The molecule has 6 heteroatoms. The minimum absolute atomic E-state index is 0.264. The molecule has 1 aliphatic rings. The third kappa shape index (κ3) is 3.77. The van der Waals surface area contributed by atoms with Gasteiger partial charge in [-0.05, 0) is 42.9 Å². The first-order chi connectivity index (χ1) is 9.98. The Morgan fingerprint density at radius 2 is 2.10 bits per heavy atom. The molecule has 118 valence electrons. The van der Waals surface area contributed by atoms with Gasteiger partial charge in [0.1, 0.15) is 0 Å². The smallest absolute Gasteiger partial charge is 0.243 e. The lowest BCUT2D eigenvalue weighted by Crippen LogP contribution is -2.32. The van der Waals surface area contributed by atoms with E-state index in [1.54, 1.807) is 16.4 Å². The molecule has 2 N–H and O–H groups in total. The van der Waals surface area contributed by atoms with E-state index in [9.17, 15) is 8.42 Å². The molecule has 0 bridgehead atoms. The van der Waals surface area contributed by atoms with Crippen molar-refractivity contribution in [2.45, 2.75) is 44.0 Å². The molecule has 1 aromatic carbocycles. The van der Waals surface area contributed by atoms with Gasteiger partial charge in [-0.2, -0.15) is 4.31 Å². The number of nitrogens with zero attached hydrogens (tertiary/aromatic N) is 1. The van der Waals surface area contributed by atoms with Gasteiger partial charge in [0, 0.05) is 24.7 Å². The Morgan fingerprint density at radius 3 is 2.71 bits per heavy atom. The molecular formula is C15H23ClN2O2S. The fraction of sp³-hybridized carbons (Fsp3) is 0.600. The van der Waals surface area contributed by atoms with Crippen LogP contribution in [0.1, 0.15) is 38.2 Å². The van der Waals surface area contributed by atoms with Gasteiger partial charge >= 0.3 is 0 Å². The Labute approximate surface area is 132 Å². The van der Waals surface area contributed by atoms with Crippen molar-refractivity contribution in [3.8, 4) is 0 Å². The predicted molar refractivity (Wildman–Crippen MR) is 85.7 cm³/mol. The first-order valence-electron chi connectivity index (χ1n) is 7.47. The minimum atomic E-state index is -3.46. The summed E-state index contributed by atoms with van der Waals surface area (Å²) in [5.74, 6) is 0.633. The average molecular weight is 331 g/mol. The van der Waals surface area contributed by atoms with Gasteiger partial charge in [0.15, 0.2) is 0 Å². The molecule has 1 aromatic rings. The number of nitrogens with two attached hydrogens (primary N) is 1. The van der Waals surface area contributed by atoms with Crippen LogP contribution in [-0.2, 0) is 16.6 Å². The van der Waals surface area contributed by atoms with E-state index in [0.717, 1.165) is 31.2 Å². The van der Waals surface area contributed by atoms with Crippen molar-refractivity contribution in [1.29, 1.82) is 0 Å². The summed E-state index contributed by atoms with van der Waals surface area (Å²) in [7, 11) is -3.46. The second kappa shape index (κ2) is 7.09. The number of halogens is 1. The van der Waals surface area contributed by atoms with E-state index in [1.807, 2.05) is 0 Å². The highest BCUT2D eigenvalue weighted by atomic mass is 35.5. The third-order valence-electron chi connectivity index (χ3n) is 4.27. The highest BCUT2D eigenvalue weighted by Gasteiger charge is 2.27. The van der Waals surface area contributed by atoms with Crippen LogP contribution in [-0.4, -0.2) is 25.8 Å². The molecule has 2 rings (SSSR count). The molecule has 0 radical (unpaired) electrons. The minimum Gasteiger partial charge on any atom is -0.326 e. The maximum absolute atomic E-state index is 12.7. The largest absolute Gasteiger partial charge is 0.326 e. The lowest BCUT2D eigenvalue weighted by atomic mass is 9.98. The molecule has 4 nitrogen and oxygen atoms in total. The fourth-order valence-electron chi connectivity index (χ4n) is 2.79. The lowest BCUT2D eigenvalue weighted by molar-refractivity contribution is 0.407. The van der Waals surface area contributed by atoms with Crippen LogP contribution in [0.25, 0.3) is 0 Å². The summed E-state index contributed by atoms with van der Waals surface area (Å²) in [6.07, 6.45) is 4.08. The van der Waals surface area contributed by atoms with Crippen LogP contribution in [0.4, 0.5) is 0 Å². The fourth-order valence-corrected chi connectivity index (χ4v) is 4.63. The zero-order chi connectivity index (χ0) is 15.5. The molecule has 0 aromatic heterocycles. The van der Waals surface area contributed by atoms with E-state index >= 15 is 0 Å². The average Bonchev–Trinajstić information content (AvgIpc) is 2.72. The van der Waals surface area contributed by atoms with Crippen LogP contribution >= 0.6 is 11.6 Å². The van der Waals surface area contributed by atoms with Crippen LogP contribution in [0.5, 0.6) is 0 Å². The molecule has 0 saturated carbocycles.